The summed E-state index contributed by atoms with van der Waals surface area (Å²) in [6, 6.07) is 5.06. The van der Waals surface area contributed by atoms with Crippen LogP contribution in [0, 0.1) is 0 Å². The van der Waals surface area contributed by atoms with Crippen LogP contribution in [0.3, 0.4) is 0 Å². The van der Waals surface area contributed by atoms with Gasteiger partial charge in [-0.1, -0.05) is 12.1 Å². The van der Waals surface area contributed by atoms with E-state index in [1.807, 2.05) is 0 Å². The molecule has 1 heterocycles. The highest BCUT2D eigenvalue weighted by atomic mass is 19.4. The molecule has 0 aliphatic rings. The Kier molecular flexibility index (Phi) is 3.46. The van der Waals surface area contributed by atoms with Crippen LogP contribution in [0.1, 0.15) is 17.0 Å². The fourth-order valence-electron chi connectivity index (χ4n) is 1.73. The second-order valence-corrected chi connectivity index (χ2v) is 4.12. The third kappa shape index (κ3) is 2.86. The quantitative estimate of drug-likeness (QED) is 0.931. The monoisotopic (exact) mass is 270 g/mol. The van der Waals surface area contributed by atoms with E-state index in [-0.39, 0.29) is 0 Å². The Morgan fingerprint density at radius 1 is 1.16 bits per heavy atom. The standard InChI is InChI=1S/C12H13F3N4/c1-16-11-18-17-10(19(11)2)7-8-3-5-9(6-4-8)12(13,14)15/h3-6H,7H2,1-2H3,(H,16,18). The van der Waals surface area contributed by atoms with Gasteiger partial charge >= 0.3 is 6.18 Å². The Hall–Kier alpha value is -2.05. The summed E-state index contributed by atoms with van der Waals surface area (Å²) in [6.07, 6.45) is -3.87. The third-order valence-electron chi connectivity index (χ3n) is 2.83. The number of anilines is 1. The fourth-order valence-corrected chi connectivity index (χ4v) is 1.73. The van der Waals surface area contributed by atoms with Crippen LogP contribution in [-0.2, 0) is 19.6 Å². The number of halogens is 3. The minimum Gasteiger partial charge on any atom is -0.357 e. The summed E-state index contributed by atoms with van der Waals surface area (Å²) in [6.45, 7) is 0. The summed E-state index contributed by atoms with van der Waals surface area (Å²) < 4.78 is 39.0. The number of hydrogen-bond acceptors (Lipinski definition) is 3. The highest BCUT2D eigenvalue weighted by molar-refractivity contribution is 5.29. The molecule has 0 amide bonds. The number of aromatic nitrogens is 3. The molecule has 2 rings (SSSR count). The minimum atomic E-state index is -4.30. The van der Waals surface area contributed by atoms with Crippen molar-refractivity contribution >= 4 is 5.95 Å². The summed E-state index contributed by atoms with van der Waals surface area (Å²) in [7, 11) is 3.52. The molecular weight excluding hydrogens is 257 g/mol. The predicted octanol–water partition coefficient (Wildman–Crippen LogP) is 2.47. The largest absolute Gasteiger partial charge is 0.416 e. The molecule has 0 aliphatic carbocycles. The number of hydrogen-bond donors (Lipinski definition) is 1. The lowest BCUT2D eigenvalue weighted by Crippen LogP contribution is -2.05. The summed E-state index contributed by atoms with van der Waals surface area (Å²) in [4.78, 5) is 0. The van der Waals surface area contributed by atoms with Crippen LogP contribution < -0.4 is 5.32 Å². The van der Waals surface area contributed by atoms with Crippen molar-refractivity contribution in [2.75, 3.05) is 12.4 Å². The van der Waals surface area contributed by atoms with Gasteiger partial charge in [-0.05, 0) is 17.7 Å². The molecular formula is C12H13F3N4. The molecule has 1 aromatic heterocycles. The summed E-state index contributed by atoms with van der Waals surface area (Å²) >= 11 is 0. The van der Waals surface area contributed by atoms with Crippen molar-refractivity contribution in [2.45, 2.75) is 12.6 Å². The number of benzene rings is 1. The minimum absolute atomic E-state index is 0.434. The van der Waals surface area contributed by atoms with Crippen LogP contribution in [0.5, 0.6) is 0 Å². The van der Waals surface area contributed by atoms with E-state index >= 15 is 0 Å². The van der Waals surface area contributed by atoms with Crippen LogP contribution >= 0.6 is 0 Å². The Labute approximate surface area is 108 Å². The fraction of sp³-hybridized carbons (Fsp3) is 0.333. The molecule has 19 heavy (non-hydrogen) atoms. The average Bonchev–Trinajstić information content (AvgIpc) is 2.70. The molecule has 2 aromatic rings. The average molecular weight is 270 g/mol. The van der Waals surface area contributed by atoms with Crippen molar-refractivity contribution in [1.29, 1.82) is 0 Å². The zero-order valence-corrected chi connectivity index (χ0v) is 10.5. The van der Waals surface area contributed by atoms with E-state index in [2.05, 4.69) is 15.5 Å². The number of alkyl halides is 3. The Bertz CT molecular complexity index is 557. The van der Waals surface area contributed by atoms with Gasteiger partial charge in [0, 0.05) is 20.5 Å². The van der Waals surface area contributed by atoms with Crippen LogP contribution in [0.4, 0.5) is 19.1 Å². The smallest absolute Gasteiger partial charge is 0.357 e. The van der Waals surface area contributed by atoms with Crippen LogP contribution in [0.15, 0.2) is 24.3 Å². The van der Waals surface area contributed by atoms with Crippen molar-refractivity contribution in [1.82, 2.24) is 14.8 Å². The van der Waals surface area contributed by atoms with Crippen molar-refractivity contribution in [3.05, 3.63) is 41.2 Å². The molecule has 102 valence electrons. The van der Waals surface area contributed by atoms with Gasteiger partial charge in [0.15, 0.2) is 0 Å². The van der Waals surface area contributed by atoms with E-state index in [1.54, 1.807) is 18.7 Å². The normalized spacial score (nSPS) is 11.6. The number of rotatable bonds is 3. The van der Waals surface area contributed by atoms with E-state index in [9.17, 15) is 13.2 Å². The van der Waals surface area contributed by atoms with Crippen molar-refractivity contribution < 1.29 is 13.2 Å². The summed E-state index contributed by atoms with van der Waals surface area (Å²) in [5.74, 6) is 1.30. The Morgan fingerprint density at radius 3 is 2.26 bits per heavy atom. The molecule has 0 bridgehead atoms. The van der Waals surface area contributed by atoms with Crippen LogP contribution in [-0.4, -0.2) is 21.8 Å². The van der Waals surface area contributed by atoms with Gasteiger partial charge in [-0.3, -0.25) is 0 Å². The number of nitrogens with one attached hydrogen (secondary N) is 1. The lowest BCUT2D eigenvalue weighted by atomic mass is 10.1. The van der Waals surface area contributed by atoms with Gasteiger partial charge in [0.2, 0.25) is 5.95 Å². The topological polar surface area (TPSA) is 42.7 Å². The molecule has 0 radical (unpaired) electrons. The zero-order chi connectivity index (χ0) is 14.0. The molecule has 7 heteroatoms. The van der Waals surface area contributed by atoms with Crippen LogP contribution in [0.2, 0.25) is 0 Å². The van der Waals surface area contributed by atoms with E-state index < -0.39 is 11.7 Å². The van der Waals surface area contributed by atoms with Gasteiger partial charge in [-0.2, -0.15) is 13.2 Å². The van der Waals surface area contributed by atoms with Crippen molar-refractivity contribution in [2.24, 2.45) is 7.05 Å². The lowest BCUT2D eigenvalue weighted by molar-refractivity contribution is -0.137. The first-order valence-corrected chi connectivity index (χ1v) is 5.64. The first kappa shape index (κ1) is 13.4. The van der Waals surface area contributed by atoms with Crippen molar-refractivity contribution in [3.8, 4) is 0 Å². The molecule has 0 saturated carbocycles. The second-order valence-electron chi connectivity index (χ2n) is 4.12. The van der Waals surface area contributed by atoms with Gasteiger partial charge in [0.05, 0.1) is 5.56 Å². The molecule has 0 unspecified atom stereocenters. The third-order valence-corrected chi connectivity index (χ3v) is 2.83. The van der Waals surface area contributed by atoms with E-state index in [0.717, 1.165) is 17.7 Å². The maximum Gasteiger partial charge on any atom is 0.416 e. The first-order valence-electron chi connectivity index (χ1n) is 5.64. The first-order chi connectivity index (χ1) is 8.91. The van der Waals surface area contributed by atoms with E-state index in [1.165, 1.54) is 12.1 Å². The zero-order valence-electron chi connectivity index (χ0n) is 10.5. The maximum absolute atomic E-state index is 12.4. The van der Waals surface area contributed by atoms with Crippen LogP contribution in [0.25, 0.3) is 0 Å². The van der Waals surface area contributed by atoms with E-state index in [0.29, 0.717) is 18.2 Å². The lowest BCUT2D eigenvalue weighted by Gasteiger charge is -2.07. The number of nitrogens with zero attached hydrogens (tertiary/aromatic N) is 3. The van der Waals surface area contributed by atoms with Gasteiger partial charge in [0.1, 0.15) is 5.82 Å². The van der Waals surface area contributed by atoms with Gasteiger partial charge in [0.25, 0.3) is 0 Å². The Morgan fingerprint density at radius 2 is 1.79 bits per heavy atom. The Balaban J connectivity index is 2.17. The second kappa shape index (κ2) is 4.91. The van der Waals surface area contributed by atoms with Gasteiger partial charge in [-0.15, -0.1) is 10.2 Å². The summed E-state index contributed by atoms with van der Waals surface area (Å²) in [5, 5.41) is 10.8. The molecule has 4 nitrogen and oxygen atoms in total. The van der Waals surface area contributed by atoms with Crippen molar-refractivity contribution in [3.63, 3.8) is 0 Å². The molecule has 1 N–H and O–H groups in total. The van der Waals surface area contributed by atoms with Gasteiger partial charge in [-0.25, -0.2) is 0 Å². The molecule has 0 spiro atoms. The molecule has 0 saturated heterocycles. The van der Waals surface area contributed by atoms with E-state index in [4.69, 9.17) is 0 Å². The molecule has 0 fully saturated rings. The van der Waals surface area contributed by atoms with Gasteiger partial charge < -0.3 is 9.88 Å². The highest BCUT2D eigenvalue weighted by Crippen LogP contribution is 2.29. The highest BCUT2D eigenvalue weighted by Gasteiger charge is 2.29. The molecule has 0 aliphatic heterocycles. The SMILES string of the molecule is CNc1nnc(Cc2ccc(C(F)(F)F)cc2)n1C. The predicted molar refractivity (Wildman–Crippen MR) is 64.8 cm³/mol. The molecule has 1 aromatic carbocycles. The summed E-state index contributed by atoms with van der Waals surface area (Å²) in [5.41, 5.74) is 0.108. The maximum atomic E-state index is 12.4. The molecule has 0 atom stereocenters.